The lowest BCUT2D eigenvalue weighted by Gasteiger charge is -2.15. The molecule has 7 heteroatoms. The Hall–Kier alpha value is -2.83. The number of aromatic nitrogens is 2. The van der Waals surface area contributed by atoms with E-state index in [0.717, 1.165) is 15.9 Å². The van der Waals surface area contributed by atoms with E-state index in [4.69, 9.17) is 4.74 Å². The van der Waals surface area contributed by atoms with Gasteiger partial charge in [0.05, 0.1) is 12.6 Å². The third kappa shape index (κ3) is 4.13. The fraction of sp³-hybridized carbons (Fsp3) is 0.353. The Morgan fingerprint density at radius 1 is 1.21 bits per heavy atom. The number of nitrogens with zero attached hydrogens (tertiary/aromatic N) is 2. The number of ether oxygens (including phenoxy) is 1. The van der Waals surface area contributed by atoms with Crippen molar-refractivity contribution < 1.29 is 9.53 Å². The molecular weight excluding hydrogens is 310 g/mol. The van der Waals surface area contributed by atoms with E-state index in [1.165, 1.54) is 23.9 Å². The van der Waals surface area contributed by atoms with Gasteiger partial charge >= 0.3 is 5.69 Å². The Morgan fingerprint density at radius 2 is 1.88 bits per heavy atom. The van der Waals surface area contributed by atoms with E-state index in [9.17, 15) is 14.4 Å². The molecule has 0 spiro atoms. The van der Waals surface area contributed by atoms with Gasteiger partial charge in [0.25, 0.3) is 5.56 Å². The molecular formula is C17H21N3O4. The lowest BCUT2D eigenvalue weighted by atomic mass is 10.1. The Balaban J connectivity index is 2.02. The van der Waals surface area contributed by atoms with Gasteiger partial charge in [0.15, 0.2) is 0 Å². The molecule has 2 rings (SSSR count). The van der Waals surface area contributed by atoms with Crippen LogP contribution in [0.4, 0.5) is 0 Å². The van der Waals surface area contributed by atoms with Gasteiger partial charge in [-0.05, 0) is 31.5 Å². The van der Waals surface area contributed by atoms with E-state index in [0.29, 0.717) is 6.61 Å². The number of hydrogen-bond acceptors (Lipinski definition) is 4. The molecule has 1 unspecified atom stereocenters. The Bertz CT molecular complexity index is 821. The zero-order valence-electron chi connectivity index (χ0n) is 14.0. The summed E-state index contributed by atoms with van der Waals surface area (Å²) in [5.41, 5.74) is 0.00500. The predicted molar refractivity (Wildman–Crippen MR) is 90.1 cm³/mol. The molecule has 1 aromatic heterocycles. The van der Waals surface area contributed by atoms with Crippen molar-refractivity contribution in [2.24, 2.45) is 7.05 Å². The van der Waals surface area contributed by atoms with Crippen LogP contribution in [0, 0.1) is 0 Å². The normalized spacial score (nSPS) is 11.8. The summed E-state index contributed by atoms with van der Waals surface area (Å²) in [4.78, 5) is 35.4. The predicted octanol–water partition coefficient (Wildman–Crippen LogP) is 0.823. The molecule has 0 aliphatic carbocycles. The van der Waals surface area contributed by atoms with Gasteiger partial charge in [-0.25, -0.2) is 4.79 Å². The molecule has 1 N–H and O–H groups in total. The Labute approximate surface area is 139 Å². The summed E-state index contributed by atoms with van der Waals surface area (Å²) < 4.78 is 7.54. The molecule has 0 radical (unpaired) electrons. The Morgan fingerprint density at radius 3 is 2.50 bits per heavy atom. The Kier molecular flexibility index (Phi) is 5.57. The first-order valence-corrected chi connectivity index (χ1v) is 7.71. The summed E-state index contributed by atoms with van der Waals surface area (Å²) in [6, 6.07) is 8.50. The highest BCUT2D eigenvalue weighted by atomic mass is 16.5. The van der Waals surface area contributed by atoms with E-state index >= 15 is 0 Å². The molecule has 0 saturated carbocycles. The molecule has 1 atom stereocenters. The van der Waals surface area contributed by atoms with Crippen LogP contribution in [-0.2, 0) is 18.4 Å². The number of hydrogen-bond donors (Lipinski definition) is 1. The second-order valence-corrected chi connectivity index (χ2v) is 5.41. The maximum Gasteiger partial charge on any atom is 0.331 e. The van der Waals surface area contributed by atoms with Crippen molar-refractivity contribution >= 4 is 5.91 Å². The minimum absolute atomic E-state index is 0.145. The van der Waals surface area contributed by atoms with Crippen LogP contribution >= 0.6 is 0 Å². The number of carbonyl (C=O) groups is 1. The minimum atomic E-state index is -0.522. The summed E-state index contributed by atoms with van der Waals surface area (Å²) in [5, 5.41) is 2.83. The van der Waals surface area contributed by atoms with Crippen molar-refractivity contribution in [3.05, 3.63) is 62.9 Å². The van der Waals surface area contributed by atoms with Crippen molar-refractivity contribution in [3.8, 4) is 5.75 Å². The summed E-state index contributed by atoms with van der Waals surface area (Å²) >= 11 is 0. The van der Waals surface area contributed by atoms with E-state index in [1.807, 2.05) is 38.1 Å². The third-order valence-corrected chi connectivity index (χ3v) is 3.64. The highest BCUT2D eigenvalue weighted by Gasteiger charge is 2.11. The number of carbonyl (C=O) groups excluding carboxylic acids is 1. The summed E-state index contributed by atoms with van der Waals surface area (Å²) in [5.74, 6) is 0.466. The van der Waals surface area contributed by atoms with Crippen LogP contribution in [0.1, 0.15) is 25.5 Å². The SMILES string of the molecule is CCOc1ccc(C(C)NC(=O)Cn2ccc(=O)n(C)c2=O)cc1. The zero-order valence-corrected chi connectivity index (χ0v) is 14.0. The lowest BCUT2D eigenvalue weighted by molar-refractivity contribution is -0.122. The van der Waals surface area contributed by atoms with E-state index < -0.39 is 11.2 Å². The zero-order chi connectivity index (χ0) is 17.7. The monoisotopic (exact) mass is 331 g/mol. The molecule has 128 valence electrons. The van der Waals surface area contributed by atoms with Crippen molar-refractivity contribution in [3.63, 3.8) is 0 Å². The van der Waals surface area contributed by atoms with Crippen LogP contribution in [0.3, 0.4) is 0 Å². The van der Waals surface area contributed by atoms with Gasteiger partial charge in [0.2, 0.25) is 5.91 Å². The molecule has 0 fully saturated rings. The van der Waals surface area contributed by atoms with Crippen LogP contribution in [0.2, 0.25) is 0 Å². The lowest BCUT2D eigenvalue weighted by Crippen LogP contribution is -2.40. The van der Waals surface area contributed by atoms with Crippen LogP contribution < -0.4 is 21.3 Å². The fourth-order valence-corrected chi connectivity index (χ4v) is 2.28. The number of rotatable bonds is 6. The molecule has 1 amide bonds. The van der Waals surface area contributed by atoms with Gasteiger partial charge in [0, 0.05) is 19.3 Å². The first-order valence-electron chi connectivity index (χ1n) is 7.71. The molecule has 0 saturated heterocycles. The average molecular weight is 331 g/mol. The maximum absolute atomic E-state index is 12.1. The van der Waals surface area contributed by atoms with Crippen LogP contribution in [-0.4, -0.2) is 21.6 Å². The standard InChI is InChI=1S/C17H21N3O4/c1-4-24-14-7-5-13(6-8-14)12(2)18-15(21)11-20-10-9-16(22)19(3)17(20)23/h5-10,12H,4,11H2,1-3H3,(H,18,21). The summed E-state index contributed by atoms with van der Waals surface area (Å²) in [7, 11) is 1.38. The summed E-state index contributed by atoms with van der Waals surface area (Å²) in [6.07, 6.45) is 1.33. The second-order valence-electron chi connectivity index (χ2n) is 5.41. The van der Waals surface area contributed by atoms with E-state index in [-0.39, 0.29) is 18.5 Å². The molecule has 0 aliphatic rings. The van der Waals surface area contributed by atoms with Crippen molar-refractivity contribution in [2.45, 2.75) is 26.4 Å². The van der Waals surface area contributed by atoms with Gasteiger partial charge < -0.3 is 10.1 Å². The van der Waals surface area contributed by atoms with Crippen LogP contribution in [0.25, 0.3) is 0 Å². The third-order valence-electron chi connectivity index (χ3n) is 3.64. The van der Waals surface area contributed by atoms with Crippen molar-refractivity contribution in [2.75, 3.05) is 6.61 Å². The second kappa shape index (κ2) is 7.63. The quantitative estimate of drug-likeness (QED) is 0.850. The van der Waals surface area contributed by atoms with Crippen molar-refractivity contribution in [1.29, 1.82) is 0 Å². The highest BCUT2D eigenvalue weighted by molar-refractivity contribution is 5.76. The molecule has 7 nitrogen and oxygen atoms in total. The van der Waals surface area contributed by atoms with Crippen LogP contribution in [0.5, 0.6) is 5.75 Å². The first-order chi connectivity index (χ1) is 11.4. The van der Waals surface area contributed by atoms with Gasteiger partial charge in [-0.3, -0.25) is 18.7 Å². The van der Waals surface area contributed by atoms with E-state index in [2.05, 4.69) is 5.32 Å². The molecule has 0 aliphatic heterocycles. The summed E-state index contributed by atoms with van der Waals surface area (Å²) in [6.45, 7) is 4.23. The molecule has 1 heterocycles. The topological polar surface area (TPSA) is 82.3 Å². The van der Waals surface area contributed by atoms with Gasteiger partial charge in [-0.1, -0.05) is 12.1 Å². The fourth-order valence-electron chi connectivity index (χ4n) is 2.28. The average Bonchev–Trinajstić information content (AvgIpc) is 2.56. The molecule has 24 heavy (non-hydrogen) atoms. The number of amides is 1. The smallest absolute Gasteiger partial charge is 0.331 e. The molecule has 1 aromatic carbocycles. The molecule has 2 aromatic rings. The number of nitrogens with one attached hydrogen (secondary N) is 1. The van der Waals surface area contributed by atoms with E-state index in [1.54, 1.807) is 0 Å². The van der Waals surface area contributed by atoms with Gasteiger partial charge in [0.1, 0.15) is 12.3 Å². The molecule has 0 bridgehead atoms. The first kappa shape index (κ1) is 17.5. The highest BCUT2D eigenvalue weighted by Crippen LogP contribution is 2.17. The number of benzene rings is 1. The van der Waals surface area contributed by atoms with Gasteiger partial charge in [-0.2, -0.15) is 0 Å². The minimum Gasteiger partial charge on any atom is -0.494 e. The van der Waals surface area contributed by atoms with Crippen molar-refractivity contribution in [1.82, 2.24) is 14.5 Å². The van der Waals surface area contributed by atoms with Crippen LogP contribution in [0.15, 0.2) is 46.1 Å². The van der Waals surface area contributed by atoms with Gasteiger partial charge in [-0.15, -0.1) is 0 Å². The maximum atomic E-state index is 12.1. The largest absolute Gasteiger partial charge is 0.494 e.